The van der Waals surface area contributed by atoms with Gasteiger partial charge >= 0.3 is 0 Å². The van der Waals surface area contributed by atoms with Gasteiger partial charge < -0.3 is 15.4 Å². The Bertz CT molecular complexity index is 396. The SMILES string of the molecule is COc1cc(NC(=O)[C@H]2CCCNC2)nn1C. The fraction of sp³-hybridized carbons (Fsp3) is 0.636. The zero-order valence-corrected chi connectivity index (χ0v) is 10.2. The van der Waals surface area contributed by atoms with E-state index >= 15 is 0 Å². The van der Waals surface area contributed by atoms with E-state index in [4.69, 9.17) is 4.74 Å². The maximum Gasteiger partial charge on any atom is 0.229 e. The molecule has 0 radical (unpaired) electrons. The monoisotopic (exact) mass is 238 g/mol. The molecule has 0 saturated carbocycles. The highest BCUT2D eigenvalue weighted by atomic mass is 16.5. The van der Waals surface area contributed by atoms with E-state index in [1.165, 1.54) is 0 Å². The molecule has 1 fully saturated rings. The highest BCUT2D eigenvalue weighted by molar-refractivity contribution is 5.92. The van der Waals surface area contributed by atoms with Crippen LogP contribution in [0.3, 0.4) is 0 Å². The van der Waals surface area contributed by atoms with Crippen LogP contribution >= 0.6 is 0 Å². The topological polar surface area (TPSA) is 68.2 Å². The van der Waals surface area contributed by atoms with Gasteiger partial charge in [-0.1, -0.05) is 0 Å². The number of aromatic nitrogens is 2. The van der Waals surface area contributed by atoms with E-state index in [0.717, 1.165) is 25.9 Å². The number of aryl methyl sites for hydroxylation is 1. The number of anilines is 1. The van der Waals surface area contributed by atoms with Crippen LogP contribution in [0.25, 0.3) is 0 Å². The van der Waals surface area contributed by atoms with E-state index in [9.17, 15) is 4.79 Å². The fourth-order valence-electron chi connectivity index (χ4n) is 2.01. The molecule has 6 heteroatoms. The molecule has 1 aromatic heterocycles. The minimum atomic E-state index is 0.0259. The van der Waals surface area contributed by atoms with Gasteiger partial charge in [-0.3, -0.25) is 4.79 Å². The Morgan fingerprint density at radius 2 is 2.53 bits per heavy atom. The highest BCUT2D eigenvalue weighted by Gasteiger charge is 2.21. The molecule has 0 aliphatic carbocycles. The summed E-state index contributed by atoms with van der Waals surface area (Å²) in [6, 6.07) is 1.72. The van der Waals surface area contributed by atoms with Crippen molar-refractivity contribution >= 4 is 11.7 Å². The lowest BCUT2D eigenvalue weighted by Crippen LogP contribution is -2.37. The third-order valence-corrected chi connectivity index (χ3v) is 2.96. The minimum Gasteiger partial charge on any atom is -0.481 e. The first kappa shape index (κ1) is 11.9. The fourth-order valence-corrected chi connectivity index (χ4v) is 2.01. The van der Waals surface area contributed by atoms with Crippen molar-refractivity contribution in [2.75, 3.05) is 25.5 Å². The highest BCUT2D eigenvalue weighted by Crippen LogP contribution is 2.17. The Morgan fingerprint density at radius 1 is 1.71 bits per heavy atom. The number of hydrogen-bond acceptors (Lipinski definition) is 4. The smallest absolute Gasteiger partial charge is 0.229 e. The molecule has 1 saturated heterocycles. The standard InChI is InChI=1S/C11H18N4O2/c1-15-10(17-2)6-9(14-15)13-11(16)8-4-3-5-12-7-8/h6,8,12H,3-5,7H2,1-2H3,(H,13,14,16)/t8-/m0/s1. The molecule has 0 spiro atoms. The van der Waals surface area contributed by atoms with Crippen molar-refractivity contribution in [2.24, 2.45) is 13.0 Å². The predicted molar refractivity (Wildman–Crippen MR) is 64.0 cm³/mol. The number of ether oxygens (including phenoxy) is 1. The number of amides is 1. The van der Waals surface area contributed by atoms with Crippen LogP contribution in [0.2, 0.25) is 0 Å². The van der Waals surface area contributed by atoms with Crippen LogP contribution in [0.15, 0.2) is 6.07 Å². The Hall–Kier alpha value is -1.56. The first-order valence-corrected chi connectivity index (χ1v) is 5.80. The van der Waals surface area contributed by atoms with Crippen molar-refractivity contribution in [3.05, 3.63) is 6.07 Å². The molecule has 1 aromatic rings. The molecule has 6 nitrogen and oxygen atoms in total. The van der Waals surface area contributed by atoms with E-state index in [-0.39, 0.29) is 11.8 Å². The van der Waals surface area contributed by atoms with Crippen LogP contribution < -0.4 is 15.4 Å². The maximum absolute atomic E-state index is 11.9. The van der Waals surface area contributed by atoms with Gasteiger partial charge in [-0.05, 0) is 19.4 Å². The van der Waals surface area contributed by atoms with Gasteiger partial charge in [0.15, 0.2) is 5.82 Å². The van der Waals surface area contributed by atoms with Crippen LogP contribution in [0.1, 0.15) is 12.8 Å². The second kappa shape index (κ2) is 5.18. The molecule has 1 aliphatic rings. The van der Waals surface area contributed by atoms with Crippen molar-refractivity contribution < 1.29 is 9.53 Å². The molecule has 94 valence electrons. The first-order valence-electron chi connectivity index (χ1n) is 5.80. The Labute approximate surface area is 100 Å². The average molecular weight is 238 g/mol. The first-order chi connectivity index (χ1) is 8.20. The van der Waals surface area contributed by atoms with Crippen molar-refractivity contribution in [3.8, 4) is 5.88 Å². The van der Waals surface area contributed by atoms with Gasteiger partial charge in [0.2, 0.25) is 11.8 Å². The van der Waals surface area contributed by atoms with Crippen LogP contribution in [0.5, 0.6) is 5.88 Å². The summed E-state index contributed by atoms with van der Waals surface area (Å²) in [5.74, 6) is 1.23. The summed E-state index contributed by atoms with van der Waals surface area (Å²) in [4.78, 5) is 11.9. The molecule has 1 aliphatic heterocycles. The number of piperidine rings is 1. The van der Waals surface area contributed by atoms with Crippen molar-refractivity contribution in [2.45, 2.75) is 12.8 Å². The molecule has 1 atom stereocenters. The van der Waals surface area contributed by atoms with Crippen molar-refractivity contribution in [3.63, 3.8) is 0 Å². The summed E-state index contributed by atoms with van der Waals surface area (Å²) in [7, 11) is 3.35. The Morgan fingerprint density at radius 3 is 3.12 bits per heavy atom. The normalized spacial score (nSPS) is 20.0. The molecule has 1 amide bonds. The molecule has 2 rings (SSSR count). The second-order valence-corrected chi connectivity index (χ2v) is 4.23. The summed E-state index contributed by atoms with van der Waals surface area (Å²) in [6.45, 7) is 1.75. The van der Waals surface area contributed by atoms with Gasteiger partial charge in [0.25, 0.3) is 0 Å². The summed E-state index contributed by atoms with van der Waals surface area (Å²) in [5, 5.41) is 10.2. The predicted octanol–water partition coefficient (Wildman–Crippen LogP) is 0.367. The Kier molecular flexibility index (Phi) is 3.63. The van der Waals surface area contributed by atoms with Crippen LogP contribution in [0, 0.1) is 5.92 Å². The number of carbonyl (C=O) groups is 1. The third-order valence-electron chi connectivity index (χ3n) is 2.96. The lowest BCUT2D eigenvalue weighted by Gasteiger charge is -2.21. The molecular weight excluding hydrogens is 220 g/mol. The summed E-state index contributed by atoms with van der Waals surface area (Å²) in [6.07, 6.45) is 1.98. The molecule has 2 heterocycles. The Balaban J connectivity index is 1.97. The quantitative estimate of drug-likeness (QED) is 0.798. The van der Waals surface area contributed by atoms with E-state index in [1.807, 2.05) is 0 Å². The molecule has 17 heavy (non-hydrogen) atoms. The van der Waals surface area contributed by atoms with Crippen molar-refractivity contribution in [1.82, 2.24) is 15.1 Å². The van der Waals surface area contributed by atoms with E-state index in [0.29, 0.717) is 11.7 Å². The lowest BCUT2D eigenvalue weighted by atomic mass is 9.99. The average Bonchev–Trinajstić information content (AvgIpc) is 2.70. The second-order valence-electron chi connectivity index (χ2n) is 4.23. The van der Waals surface area contributed by atoms with Gasteiger partial charge in [-0.25, -0.2) is 4.68 Å². The number of methoxy groups -OCH3 is 1. The molecule has 2 N–H and O–H groups in total. The van der Waals surface area contributed by atoms with Crippen LogP contribution in [-0.4, -0.2) is 35.9 Å². The molecule has 0 unspecified atom stereocenters. The van der Waals surface area contributed by atoms with Crippen LogP contribution in [-0.2, 0) is 11.8 Å². The third kappa shape index (κ3) is 2.76. The van der Waals surface area contributed by atoms with Gasteiger partial charge in [0, 0.05) is 19.7 Å². The molecular formula is C11H18N4O2. The van der Waals surface area contributed by atoms with Gasteiger partial charge in [0.1, 0.15) is 0 Å². The largest absolute Gasteiger partial charge is 0.481 e. The van der Waals surface area contributed by atoms with Gasteiger partial charge in [0.05, 0.1) is 13.0 Å². The molecule has 0 aromatic carbocycles. The summed E-state index contributed by atoms with van der Waals surface area (Å²) in [5.41, 5.74) is 0. The van der Waals surface area contributed by atoms with Crippen molar-refractivity contribution in [1.29, 1.82) is 0 Å². The maximum atomic E-state index is 11.9. The van der Waals surface area contributed by atoms with Gasteiger partial charge in [-0.2, -0.15) is 5.10 Å². The molecule has 0 bridgehead atoms. The van der Waals surface area contributed by atoms with E-state index < -0.39 is 0 Å². The number of rotatable bonds is 3. The van der Waals surface area contributed by atoms with Gasteiger partial charge in [-0.15, -0.1) is 0 Å². The summed E-state index contributed by atoms with van der Waals surface area (Å²) < 4.78 is 6.68. The van der Waals surface area contributed by atoms with Crippen LogP contribution in [0.4, 0.5) is 5.82 Å². The minimum absolute atomic E-state index is 0.0259. The zero-order valence-electron chi connectivity index (χ0n) is 10.2. The summed E-state index contributed by atoms with van der Waals surface area (Å²) >= 11 is 0. The lowest BCUT2D eigenvalue weighted by molar-refractivity contribution is -0.120. The zero-order chi connectivity index (χ0) is 12.3. The number of nitrogens with one attached hydrogen (secondary N) is 2. The number of nitrogens with zero attached hydrogens (tertiary/aromatic N) is 2. The number of hydrogen-bond donors (Lipinski definition) is 2. The number of carbonyl (C=O) groups excluding carboxylic acids is 1. The van der Waals surface area contributed by atoms with E-state index in [1.54, 1.807) is 24.9 Å². The van der Waals surface area contributed by atoms with E-state index in [2.05, 4.69) is 15.7 Å².